The third-order valence-corrected chi connectivity index (χ3v) is 3.95. The number of carbonyl (C=O) groups is 2. The number of nitrogens with zero attached hydrogens (tertiary/aromatic N) is 3. The van der Waals surface area contributed by atoms with Gasteiger partial charge in [0.25, 0.3) is 0 Å². The molecule has 2 aliphatic heterocycles. The van der Waals surface area contributed by atoms with E-state index in [2.05, 4.69) is 11.4 Å². The first-order valence-electron chi connectivity index (χ1n) is 7.40. The molecule has 6 nitrogen and oxygen atoms in total. The van der Waals surface area contributed by atoms with E-state index >= 15 is 0 Å². The molecule has 0 aromatic rings. The number of carbonyl (C=O) groups excluding carboxylic acids is 2. The Balaban J connectivity index is 1.58. The van der Waals surface area contributed by atoms with Crippen LogP contribution in [0.5, 0.6) is 0 Å². The highest BCUT2D eigenvalue weighted by molar-refractivity contribution is 5.79. The fourth-order valence-corrected chi connectivity index (χ4v) is 2.83. The van der Waals surface area contributed by atoms with E-state index in [1.165, 1.54) is 0 Å². The lowest BCUT2D eigenvalue weighted by atomic mass is 10.2. The SMILES string of the molecule is N#C[C@@H]1CCCN1C(=O)CNCCCN1CCCC1=O. The molecule has 1 atom stereocenters. The molecule has 2 saturated heterocycles. The van der Waals surface area contributed by atoms with E-state index in [0.717, 1.165) is 45.3 Å². The zero-order valence-electron chi connectivity index (χ0n) is 11.8. The summed E-state index contributed by atoms with van der Waals surface area (Å²) in [6.07, 6.45) is 4.22. The van der Waals surface area contributed by atoms with Crippen LogP contribution < -0.4 is 5.32 Å². The molecule has 0 unspecified atom stereocenters. The predicted octanol–water partition coefficient (Wildman–Crippen LogP) is 0.103. The third-order valence-electron chi connectivity index (χ3n) is 3.95. The lowest BCUT2D eigenvalue weighted by Gasteiger charge is -2.20. The van der Waals surface area contributed by atoms with Crippen LogP contribution in [0.15, 0.2) is 0 Å². The monoisotopic (exact) mass is 278 g/mol. The van der Waals surface area contributed by atoms with Crippen molar-refractivity contribution in [3.8, 4) is 6.07 Å². The lowest BCUT2D eigenvalue weighted by Crippen LogP contribution is -2.41. The van der Waals surface area contributed by atoms with Crippen LogP contribution in [-0.4, -0.2) is 60.4 Å². The number of hydrogen-bond acceptors (Lipinski definition) is 4. The smallest absolute Gasteiger partial charge is 0.237 e. The number of hydrogen-bond donors (Lipinski definition) is 1. The van der Waals surface area contributed by atoms with Crippen molar-refractivity contribution >= 4 is 11.8 Å². The van der Waals surface area contributed by atoms with Gasteiger partial charge in [0, 0.05) is 26.1 Å². The molecule has 0 aliphatic carbocycles. The zero-order chi connectivity index (χ0) is 14.4. The first kappa shape index (κ1) is 14.8. The summed E-state index contributed by atoms with van der Waals surface area (Å²) < 4.78 is 0. The summed E-state index contributed by atoms with van der Waals surface area (Å²) in [7, 11) is 0. The molecule has 0 aromatic heterocycles. The Morgan fingerprint density at radius 2 is 2.25 bits per heavy atom. The van der Waals surface area contributed by atoms with Gasteiger partial charge in [-0.15, -0.1) is 0 Å². The third kappa shape index (κ3) is 3.70. The summed E-state index contributed by atoms with van der Waals surface area (Å²) >= 11 is 0. The molecule has 0 aromatic carbocycles. The second-order valence-electron chi connectivity index (χ2n) is 5.39. The van der Waals surface area contributed by atoms with Gasteiger partial charge in [-0.3, -0.25) is 9.59 Å². The predicted molar refractivity (Wildman–Crippen MR) is 73.6 cm³/mol. The summed E-state index contributed by atoms with van der Waals surface area (Å²) in [5.41, 5.74) is 0. The van der Waals surface area contributed by atoms with Crippen molar-refractivity contribution in [3.05, 3.63) is 0 Å². The van der Waals surface area contributed by atoms with Gasteiger partial charge >= 0.3 is 0 Å². The topological polar surface area (TPSA) is 76.4 Å². The first-order valence-corrected chi connectivity index (χ1v) is 7.40. The van der Waals surface area contributed by atoms with Gasteiger partial charge in [-0.25, -0.2) is 0 Å². The fourth-order valence-electron chi connectivity index (χ4n) is 2.83. The minimum atomic E-state index is -0.244. The molecule has 2 amide bonds. The summed E-state index contributed by atoms with van der Waals surface area (Å²) in [5.74, 6) is 0.251. The normalized spacial score (nSPS) is 22.4. The number of rotatable bonds is 6. The highest BCUT2D eigenvalue weighted by Gasteiger charge is 2.27. The number of nitrogens with one attached hydrogen (secondary N) is 1. The van der Waals surface area contributed by atoms with E-state index in [9.17, 15) is 9.59 Å². The summed E-state index contributed by atoms with van der Waals surface area (Å²) in [6.45, 7) is 3.34. The Bertz CT molecular complexity index is 404. The summed E-state index contributed by atoms with van der Waals surface area (Å²) in [4.78, 5) is 26.9. The van der Waals surface area contributed by atoms with E-state index in [4.69, 9.17) is 5.26 Å². The van der Waals surface area contributed by atoms with Gasteiger partial charge in [-0.1, -0.05) is 0 Å². The highest BCUT2D eigenvalue weighted by Crippen LogP contribution is 2.15. The highest BCUT2D eigenvalue weighted by atomic mass is 16.2. The molecule has 2 fully saturated rings. The maximum Gasteiger partial charge on any atom is 0.237 e. The molecule has 0 saturated carbocycles. The molecule has 2 heterocycles. The minimum absolute atomic E-state index is 0.00583. The maximum atomic E-state index is 11.9. The van der Waals surface area contributed by atoms with Crippen molar-refractivity contribution in [3.63, 3.8) is 0 Å². The Hall–Kier alpha value is -1.61. The van der Waals surface area contributed by atoms with Crippen LogP contribution in [-0.2, 0) is 9.59 Å². The van der Waals surface area contributed by atoms with E-state index in [0.29, 0.717) is 13.0 Å². The average Bonchev–Trinajstić information content (AvgIpc) is 3.07. The Kier molecular flexibility index (Phi) is 5.36. The van der Waals surface area contributed by atoms with Crippen LogP contribution in [0.25, 0.3) is 0 Å². The molecule has 0 spiro atoms. The largest absolute Gasteiger partial charge is 0.343 e. The molecule has 0 bridgehead atoms. The van der Waals surface area contributed by atoms with Crippen LogP contribution in [0, 0.1) is 11.3 Å². The van der Waals surface area contributed by atoms with Gasteiger partial charge in [0.05, 0.1) is 12.6 Å². The first-order chi connectivity index (χ1) is 9.72. The Labute approximate surface area is 119 Å². The molecular weight excluding hydrogens is 256 g/mol. The maximum absolute atomic E-state index is 11.9. The Morgan fingerprint density at radius 1 is 1.40 bits per heavy atom. The van der Waals surface area contributed by atoms with Gasteiger partial charge in [0.2, 0.25) is 11.8 Å². The van der Waals surface area contributed by atoms with Crippen molar-refractivity contribution in [1.29, 1.82) is 5.26 Å². The molecule has 1 N–H and O–H groups in total. The van der Waals surface area contributed by atoms with E-state index in [-0.39, 0.29) is 24.4 Å². The molecule has 110 valence electrons. The standard InChI is InChI=1S/C14H22N4O2/c15-10-12-4-1-9-18(12)14(20)11-16-6-3-8-17-7-2-5-13(17)19/h12,16H,1-9,11H2/t12-/m0/s1. The molecule has 2 rings (SSSR count). The fraction of sp³-hybridized carbons (Fsp3) is 0.786. The lowest BCUT2D eigenvalue weighted by molar-refractivity contribution is -0.130. The second kappa shape index (κ2) is 7.25. The van der Waals surface area contributed by atoms with Crippen molar-refractivity contribution in [2.45, 2.75) is 38.1 Å². The van der Waals surface area contributed by atoms with Crippen LogP contribution in [0.3, 0.4) is 0 Å². The quantitative estimate of drug-likeness (QED) is 0.699. The van der Waals surface area contributed by atoms with E-state index in [1.54, 1.807) is 4.90 Å². The number of nitriles is 1. The zero-order valence-corrected chi connectivity index (χ0v) is 11.8. The van der Waals surface area contributed by atoms with Crippen molar-refractivity contribution in [1.82, 2.24) is 15.1 Å². The summed E-state index contributed by atoms with van der Waals surface area (Å²) in [6, 6.07) is 1.93. The number of amides is 2. The van der Waals surface area contributed by atoms with Gasteiger partial charge in [-0.2, -0.15) is 5.26 Å². The molecule has 20 heavy (non-hydrogen) atoms. The molecule has 6 heteroatoms. The van der Waals surface area contributed by atoms with Gasteiger partial charge < -0.3 is 15.1 Å². The van der Waals surface area contributed by atoms with Crippen LogP contribution in [0.2, 0.25) is 0 Å². The molecule has 0 radical (unpaired) electrons. The van der Waals surface area contributed by atoms with E-state index < -0.39 is 0 Å². The van der Waals surface area contributed by atoms with Gasteiger partial charge in [0.1, 0.15) is 6.04 Å². The minimum Gasteiger partial charge on any atom is -0.343 e. The second-order valence-corrected chi connectivity index (χ2v) is 5.39. The number of likely N-dealkylation sites (tertiary alicyclic amines) is 2. The Morgan fingerprint density at radius 3 is 2.95 bits per heavy atom. The van der Waals surface area contributed by atoms with E-state index in [1.807, 2.05) is 4.90 Å². The summed E-state index contributed by atoms with van der Waals surface area (Å²) in [5, 5.41) is 12.0. The van der Waals surface area contributed by atoms with Crippen molar-refractivity contribution in [2.24, 2.45) is 0 Å². The van der Waals surface area contributed by atoms with Crippen molar-refractivity contribution < 1.29 is 9.59 Å². The molecule has 2 aliphatic rings. The van der Waals surface area contributed by atoms with Crippen LogP contribution in [0.4, 0.5) is 0 Å². The van der Waals surface area contributed by atoms with Gasteiger partial charge in [-0.05, 0) is 32.2 Å². The molecular formula is C14H22N4O2. The van der Waals surface area contributed by atoms with Gasteiger partial charge in [0.15, 0.2) is 0 Å². The average molecular weight is 278 g/mol. The van der Waals surface area contributed by atoms with Crippen molar-refractivity contribution in [2.75, 3.05) is 32.7 Å². The van der Waals surface area contributed by atoms with Crippen LogP contribution in [0.1, 0.15) is 32.1 Å². The van der Waals surface area contributed by atoms with Crippen LogP contribution >= 0.6 is 0 Å².